The Morgan fingerprint density at radius 1 is 0.783 bits per heavy atom. The Morgan fingerprint density at radius 3 is 1.89 bits per heavy atom. The molecule has 1 aliphatic heterocycles. The average molecular weight is 648 g/mol. The number of Topliss-reactive ketones (excluding diaryl/α,β-unsaturated/α-hetero) is 4. The van der Waals surface area contributed by atoms with Crippen LogP contribution in [0.15, 0.2) is 30.3 Å². The topological polar surface area (TPSA) is 257 Å². The predicted molar refractivity (Wildman–Crippen MR) is 178 cm³/mol. The van der Waals surface area contributed by atoms with Gasteiger partial charge in [0.25, 0.3) is 0 Å². The Labute approximate surface area is 272 Å². The molecule has 15 N–H and O–H groups in total. The summed E-state index contributed by atoms with van der Waals surface area (Å²) in [5, 5.41) is 9.13. The van der Waals surface area contributed by atoms with E-state index in [1.165, 1.54) is 0 Å². The van der Waals surface area contributed by atoms with E-state index in [0.29, 0.717) is 44.8 Å². The Morgan fingerprint density at radius 2 is 1.35 bits per heavy atom. The van der Waals surface area contributed by atoms with Gasteiger partial charge in [-0.1, -0.05) is 44.2 Å². The van der Waals surface area contributed by atoms with E-state index in [-0.39, 0.29) is 18.8 Å². The molecule has 0 saturated carbocycles. The fourth-order valence-electron chi connectivity index (χ4n) is 5.21. The molecule has 0 spiro atoms. The molecule has 0 bridgehead atoms. The largest absolute Gasteiger partial charge is 0.317 e. The van der Waals surface area contributed by atoms with Crippen LogP contribution in [0, 0.1) is 11.8 Å². The number of hydrazine groups is 2. The number of carbonyl (C=O) groups is 4. The van der Waals surface area contributed by atoms with Crippen molar-refractivity contribution in [2.45, 2.75) is 89.5 Å². The zero-order valence-electron chi connectivity index (χ0n) is 27.4. The van der Waals surface area contributed by atoms with Crippen molar-refractivity contribution in [3.05, 3.63) is 35.9 Å². The van der Waals surface area contributed by atoms with Crippen molar-refractivity contribution in [1.82, 2.24) is 37.7 Å². The second kappa shape index (κ2) is 22.1. The first-order valence-corrected chi connectivity index (χ1v) is 16.4. The van der Waals surface area contributed by atoms with Gasteiger partial charge in [-0.3, -0.25) is 35.2 Å². The standard InChI is InChI=1S/C31H57N11O4/c1-20(2)26(29(46)28(45)24(11-7-15-38-31(34)35)40-39-19-22-12-16-36-17-13-22)42-41-23(10-6-14-37-30(32)33)27(44)25(43)18-21-8-4-3-5-9-21/h3-5,8-9,20,22-24,26,30-31,36-42H,6-7,10-19,32-35H2,1-2H3/t23-,24-,26-/m0/s1. The highest BCUT2D eigenvalue weighted by Crippen LogP contribution is 2.11. The molecule has 1 aromatic carbocycles. The number of hydrogen-bond donors (Lipinski definition) is 11. The maximum Gasteiger partial charge on any atom is 0.218 e. The molecule has 15 nitrogen and oxygen atoms in total. The summed E-state index contributed by atoms with van der Waals surface area (Å²) in [5.74, 6) is -2.26. The molecule has 3 atom stereocenters. The maximum atomic E-state index is 13.7. The normalized spacial score (nSPS) is 16.1. The molecule has 0 unspecified atom stereocenters. The SMILES string of the molecule is CC(C)[C@H](NN[C@@H](CCCNC(N)N)C(=O)C(=O)Cc1ccccc1)C(=O)C(=O)[C@H](CCCNC(N)N)NNCC1CCNCC1. The summed E-state index contributed by atoms with van der Waals surface area (Å²) in [4.78, 5) is 53.5. The van der Waals surface area contributed by atoms with Gasteiger partial charge in [-0.15, -0.1) is 0 Å². The van der Waals surface area contributed by atoms with E-state index in [0.717, 1.165) is 31.5 Å². The third kappa shape index (κ3) is 15.4. The number of ketones is 4. The molecule has 1 aromatic rings. The van der Waals surface area contributed by atoms with Crippen molar-refractivity contribution < 1.29 is 19.2 Å². The number of nitrogens with one attached hydrogen (secondary N) is 7. The molecule has 2 rings (SSSR count). The summed E-state index contributed by atoms with van der Waals surface area (Å²) in [6.45, 7) is 7.07. The lowest BCUT2D eigenvalue weighted by atomic mass is 9.93. The molecular weight excluding hydrogens is 590 g/mol. The minimum atomic E-state index is -0.952. The molecule has 1 heterocycles. The van der Waals surface area contributed by atoms with Gasteiger partial charge >= 0.3 is 0 Å². The second-order valence-corrected chi connectivity index (χ2v) is 12.3. The third-order valence-corrected chi connectivity index (χ3v) is 7.95. The van der Waals surface area contributed by atoms with E-state index in [1.54, 1.807) is 38.1 Å². The van der Waals surface area contributed by atoms with Crippen LogP contribution >= 0.6 is 0 Å². The van der Waals surface area contributed by atoms with Crippen molar-refractivity contribution >= 4 is 23.1 Å². The van der Waals surface area contributed by atoms with Crippen LogP contribution in [0.25, 0.3) is 0 Å². The molecule has 0 amide bonds. The smallest absolute Gasteiger partial charge is 0.218 e. The number of benzene rings is 1. The average Bonchev–Trinajstić information content (AvgIpc) is 3.03. The molecular formula is C31H57N11O4. The van der Waals surface area contributed by atoms with Gasteiger partial charge in [-0.2, -0.15) is 0 Å². The van der Waals surface area contributed by atoms with E-state index in [9.17, 15) is 19.2 Å². The Bertz CT molecular complexity index is 1050. The summed E-state index contributed by atoms with van der Waals surface area (Å²) in [5.41, 5.74) is 35.1. The highest BCUT2D eigenvalue weighted by atomic mass is 16.2. The van der Waals surface area contributed by atoms with Crippen LogP contribution in [0.4, 0.5) is 0 Å². The maximum absolute atomic E-state index is 13.7. The van der Waals surface area contributed by atoms with Crippen molar-refractivity contribution in [3.63, 3.8) is 0 Å². The minimum Gasteiger partial charge on any atom is -0.317 e. The molecule has 0 radical (unpaired) electrons. The number of rotatable bonds is 25. The Kier molecular flexibility index (Phi) is 19.0. The molecule has 260 valence electrons. The minimum absolute atomic E-state index is 0.0452. The lowest BCUT2D eigenvalue weighted by Crippen LogP contribution is -2.59. The molecule has 15 heteroatoms. The summed E-state index contributed by atoms with van der Waals surface area (Å²) in [6.07, 6.45) is 2.27. The zero-order chi connectivity index (χ0) is 33.9. The Hall–Kier alpha value is -2.54. The van der Waals surface area contributed by atoms with Crippen molar-refractivity contribution in [1.29, 1.82) is 0 Å². The van der Waals surface area contributed by atoms with Gasteiger partial charge in [0.05, 0.1) is 18.1 Å². The summed E-state index contributed by atoms with van der Waals surface area (Å²) >= 11 is 0. The van der Waals surface area contributed by atoms with Crippen LogP contribution in [-0.2, 0) is 25.6 Å². The Balaban J connectivity index is 2.10. The first kappa shape index (κ1) is 39.6. The lowest BCUT2D eigenvalue weighted by molar-refractivity contribution is -0.140. The van der Waals surface area contributed by atoms with Gasteiger partial charge in [0.2, 0.25) is 23.1 Å². The van der Waals surface area contributed by atoms with Crippen LogP contribution in [0.3, 0.4) is 0 Å². The van der Waals surface area contributed by atoms with Gasteiger partial charge in [0.1, 0.15) is 12.6 Å². The van der Waals surface area contributed by atoms with Gasteiger partial charge in [0.15, 0.2) is 0 Å². The highest BCUT2D eigenvalue weighted by molar-refractivity contribution is 6.41. The van der Waals surface area contributed by atoms with Crippen LogP contribution in [-0.4, -0.2) is 86.6 Å². The molecule has 1 aliphatic rings. The highest BCUT2D eigenvalue weighted by Gasteiger charge is 2.34. The number of nitrogens with two attached hydrogens (primary N) is 4. The van der Waals surface area contributed by atoms with Gasteiger partial charge in [-0.05, 0) is 82.1 Å². The van der Waals surface area contributed by atoms with E-state index in [2.05, 4.69) is 37.7 Å². The molecule has 1 fully saturated rings. The summed E-state index contributed by atoms with van der Waals surface area (Å²) < 4.78 is 0. The molecule has 1 saturated heterocycles. The second-order valence-electron chi connectivity index (χ2n) is 12.3. The first-order chi connectivity index (χ1) is 22.0. The van der Waals surface area contributed by atoms with E-state index in [1.807, 2.05) is 6.07 Å². The monoisotopic (exact) mass is 647 g/mol. The van der Waals surface area contributed by atoms with Crippen molar-refractivity contribution in [2.75, 3.05) is 32.7 Å². The number of carbonyl (C=O) groups excluding carboxylic acids is 4. The van der Waals surface area contributed by atoms with Crippen molar-refractivity contribution in [2.24, 2.45) is 34.8 Å². The van der Waals surface area contributed by atoms with Crippen LogP contribution < -0.4 is 60.6 Å². The molecule has 0 aromatic heterocycles. The fraction of sp³-hybridized carbons (Fsp3) is 0.677. The predicted octanol–water partition coefficient (Wildman–Crippen LogP) is -2.40. The van der Waals surface area contributed by atoms with E-state index < -0.39 is 53.8 Å². The van der Waals surface area contributed by atoms with Gasteiger partial charge in [0, 0.05) is 13.0 Å². The lowest BCUT2D eigenvalue weighted by Gasteiger charge is -2.27. The third-order valence-electron chi connectivity index (χ3n) is 7.95. The van der Waals surface area contributed by atoms with Crippen molar-refractivity contribution in [3.8, 4) is 0 Å². The van der Waals surface area contributed by atoms with Gasteiger partial charge in [-0.25, -0.2) is 16.3 Å². The summed E-state index contributed by atoms with van der Waals surface area (Å²) in [7, 11) is 0. The zero-order valence-corrected chi connectivity index (χ0v) is 27.4. The quantitative estimate of drug-likeness (QED) is 0.0229. The van der Waals surface area contributed by atoms with E-state index >= 15 is 0 Å². The molecule has 46 heavy (non-hydrogen) atoms. The first-order valence-electron chi connectivity index (χ1n) is 16.4. The fourth-order valence-corrected chi connectivity index (χ4v) is 5.21. The number of hydrogen-bond acceptors (Lipinski definition) is 15. The number of piperidine rings is 1. The van der Waals surface area contributed by atoms with Crippen LogP contribution in [0.5, 0.6) is 0 Å². The van der Waals surface area contributed by atoms with Gasteiger partial charge < -0.3 is 28.3 Å². The van der Waals surface area contributed by atoms with Crippen LogP contribution in [0.2, 0.25) is 0 Å². The summed E-state index contributed by atoms with van der Waals surface area (Å²) in [6, 6.07) is 6.32. The van der Waals surface area contributed by atoms with E-state index in [4.69, 9.17) is 22.9 Å². The molecule has 0 aliphatic carbocycles. The van der Waals surface area contributed by atoms with Crippen LogP contribution in [0.1, 0.15) is 57.9 Å².